The van der Waals surface area contributed by atoms with E-state index in [9.17, 15) is 27.6 Å². The average Bonchev–Trinajstić information content (AvgIpc) is 3.44. The van der Waals surface area contributed by atoms with Crippen LogP contribution in [0.3, 0.4) is 0 Å². The van der Waals surface area contributed by atoms with E-state index < -0.39 is 30.6 Å². The number of alkyl halides is 3. The smallest absolute Gasteiger partial charge is 0.347 e. The second-order valence-electron chi connectivity index (χ2n) is 8.33. The van der Waals surface area contributed by atoms with Crippen molar-refractivity contribution in [3.63, 3.8) is 0 Å². The molecule has 36 heavy (non-hydrogen) atoms. The number of amides is 2. The molecule has 12 heteroatoms. The molecule has 2 atom stereocenters. The second kappa shape index (κ2) is 10.9. The van der Waals surface area contributed by atoms with E-state index in [1.54, 1.807) is 54.7 Å². The van der Waals surface area contributed by atoms with Crippen LogP contribution in [-0.4, -0.2) is 52.6 Å². The third-order valence-electron chi connectivity index (χ3n) is 5.76. The number of carbonyl (C=O) groups is 2. The summed E-state index contributed by atoms with van der Waals surface area (Å²) in [7, 11) is 0. The van der Waals surface area contributed by atoms with Gasteiger partial charge in [0.15, 0.2) is 0 Å². The standard InChI is InChI=1S/C24H22ClF3N4O3S/c25-20-9-8-19(36-20)23(35)30-16-13-18(31(14-16)12-10-24(26,27)28)22(34)29-15-4-6-17(7-5-15)32-11-2-1-3-21(32)33/h1-9,11,16,18H,10,12-14H2,(H,29,34)(H,30,35)/t16-,18?/m0/s1. The van der Waals surface area contributed by atoms with E-state index in [2.05, 4.69) is 10.6 Å². The molecule has 0 bridgehead atoms. The highest BCUT2D eigenvalue weighted by Crippen LogP contribution is 2.26. The first-order valence-corrected chi connectivity index (χ1v) is 12.2. The van der Waals surface area contributed by atoms with Crippen molar-refractivity contribution < 1.29 is 22.8 Å². The molecule has 1 saturated heterocycles. The molecule has 1 aliphatic heterocycles. The summed E-state index contributed by atoms with van der Waals surface area (Å²) in [6.45, 7) is -0.260. The lowest BCUT2D eigenvalue weighted by Gasteiger charge is -2.24. The molecule has 2 amide bonds. The van der Waals surface area contributed by atoms with Crippen LogP contribution in [0.2, 0.25) is 4.34 Å². The van der Waals surface area contributed by atoms with Gasteiger partial charge in [0.25, 0.3) is 11.5 Å². The van der Waals surface area contributed by atoms with Gasteiger partial charge in [-0.15, -0.1) is 11.3 Å². The highest BCUT2D eigenvalue weighted by molar-refractivity contribution is 7.18. The van der Waals surface area contributed by atoms with Gasteiger partial charge in [-0.2, -0.15) is 13.2 Å². The van der Waals surface area contributed by atoms with Gasteiger partial charge in [0.05, 0.1) is 21.7 Å². The van der Waals surface area contributed by atoms with E-state index in [4.69, 9.17) is 11.6 Å². The van der Waals surface area contributed by atoms with Crippen molar-refractivity contribution in [1.29, 1.82) is 0 Å². The number of halogens is 4. The van der Waals surface area contributed by atoms with Crippen molar-refractivity contribution >= 4 is 40.4 Å². The molecule has 3 aromatic rings. The number of pyridine rings is 1. The van der Waals surface area contributed by atoms with Crippen LogP contribution in [0.15, 0.2) is 65.6 Å². The van der Waals surface area contributed by atoms with Gasteiger partial charge >= 0.3 is 6.18 Å². The molecule has 0 saturated carbocycles. The van der Waals surface area contributed by atoms with Gasteiger partial charge in [0.2, 0.25) is 5.91 Å². The van der Waals surface area contributed by atoms with Crippen LogP contribution in [0.5, 0.6) is 0 Å². The fraction of sp³-hybridized carbons (Fsp3) is 0.292. The number of hydrogen-bond donors (Lipinski definition) is 2. The molecule has 1 aromatic carbocycles. The van der Waals surface area contributed by atoms with Gasteiger partial charge in [-0.25, -0.2) is 0 Å². The Balaban J connectivity index is 1.44. The molecule has 1 aliphatic rings. The Hall–Kier alpha value is -3.15. The zero-order chi connectivity index (χ0) is 25.9. The summed E-state index contributed by atoms with van der Waals surface area (Å²) in [5, 5.41) is 5.53. The molecular weight excluding hydrogens is 517 g/mol. The Morgan fingerprint density at radius 3 is 2.47 bits per heavy atom. The number of carbonyl (C=O) groups excluding carboxylic acids is 2. The number of rotatable bonds is 7. The van der Waals surface area contributed by atoms with E-state index >= 15 is 0 Å². The first-order chi connectivity index (χ1) is 17.1. The Morgan fingerprint density at radius 2 is 1.83 bits per heavy atom. The lowest BCUT2D eigenvalue weighted by atomic mass is 10.1. The molecule has 2 aromatic heterocycles. The lowest BCUT2D eigenvalue weighted by Crippen LogP contribution is -2.41. The minimum absolute atomic E-state index is 0.106. The zero-order valence-electron chi connectivity index (χ0n) is 18.8. The average molecular weight is 539 g/mol. The molecular formula is C24H22ClF3N4O3S. The second-order valence-corrected chi connectivity index (χ2v) is 10.0. The largest absolute Gasteiger partial charge is 0.390 e. The minimum Gasteiger partial charge on any atom is -0.347 e. The summed E-state index contributed by atoms with van der Waals surface area (Å²) in [5.74, 6) is -0.863. The quantitative estimate of drug-likeness (QED) is 0.469. The van der Waals surface area contributed by atoms with Crippen molar-refractivity contribution in [1.82, 2.24) is 14.8 Å². The summed E-state index contributed by atoms with van der Waals surface area (Å²) in [5.41, 5.74) is 0.824. The van der Waals surface area contributed by atoms with Crippen molar-refractivity contribution in [2.45, 2.75) is 31.1 Å². The monoisotopic (exact) mass is 538 g/mol. The Morgan fingerprint density at radius 1 is 1.08 bits per heavy atom. The number of hydrogen-bond acceptors (Lipinski definition) is 5. The van der Waals surface area contributed by atoms with E-state index in [0.29, 0.717) is 20.6 Å². The lowest BCUT2D eigenvalue weighted by molar-refractivity contribution is -0.140. The Kier molecular flexibility index (Phi) is 7.82. The maximum atomic E-state index is 13.0. The number of nitrogens with zero attached hydrogens (tertiary/aromatic N) is 2. The molecule has 0 radical (unpaired) electrons. The van der Waals surface area contributed by atoms with E-state index in [1.807, 2.05) is 0 Å². The van der Waals surface area contributed by atoms with Crippen LogP contribution in [0.4, 0.5) is 18.9 Å². The first-order valence-electron chi connectivity index (χ1n) is 11.0. The topological polar surface area (TPSA) is 83.4 Å². The van der Waals surface area contributed by atoms with Crippen LogP contribution in [-0.2, 0) is 4.79 Å². The molecule has 4 rings (SSSR count). The molecule has 190 valence electrons. The molecule has 1 unspecified atom stereocenters. The van der Waals surface area contributed by atoms with Crippen molar-refractivity contribution in [3.8, 4) is 5.69 Å². The number of aromatic nitrogens is 1. The Labute approximate surface area is 213 Å². The number of likely N-dealkylation sites (tertiary alicyclic amines) is 1. The van der Waals surface area contributed by atoms with Crippen molar-refractivity contribution in [3.05, 3.63) is 80.4 Å². The third-order valence-corrected chi connectivity index (χ3v) is 6.99. The minimum atomic E-state index is -4.37. The molecule has 3 heterocycles. The van der Waals surface area contributed by atoms with E-state index in [1.165, 1.54) is 15.5 Å². The van der Waals surface area contributed by atoms with Gasteiger partial charge in [-0.05, 0) is 48.9 Å². The van der Waals surface area contributed by atoms with Gasteiger partial charge in [0, 0.05) is 42.8 Å². The normalized spacial score (nSPS) is 18.2. The van der Waals surface area contributed by atoms with Gasteiger partial charge in [-0.3, -0.25) is 23.9 Å². The summed E-state index contributed by atoms with van der Waals surface area (Å²) in [4.78, 5) is 39.4. The first kappa shape index (κ1) is 25.9. The number of thiophene rings is 1. The SMILES string of the molecule is O=C(N[C@H]1CC(C(=O)Nc2ccc(-n3ccccc3=O)cc2)N(CCC(F)(F)F)C1)c1ccc(Cl)s1. The highest BCUT2D eigenvalue weighted by Gasteiger charge is 2.39. The van der Waals surface area contributed by atoms with Crippen LogP contribution < -0.4 is 16.2 Å². The zero-order valence-corrected chi connectivity index (χ0v) is 20.4. The van der Waals surface area contributed by atoms with E-state index in [-0.39, 0.29) is 31.0 Å². The Bertz CT molecular complexity index is 1290. The molecule has 7 nitrogen and oxygen atoms in total. The number of anilines is 1. The fourth-order valence-corrected chi connectivity index (χ4v) is 5.01. The summed E-state index contributed by atoms with van der Waals surface area (Å²) in [6, 6.07) is 13.1. The van der Waals surface area contributed by atoms with Crippen LogP contribution >= 0.6 is 22.9 Å². The van der Waals surface area contributed by atoms with Crippen LogP contribution in [0.1, 0.15) is 22.5 Å². The van der Waals surface area contributed by atoms with E-state index in [0.717, 1.165) is 11.3 Å². The molecule has 0 spiro atoms. The predicted molar refractivity (Wildman–Crippen MR) is 132 cm³/mol. The molecule has 2 N–H and O–H groups in total. The van der Waals surface area contributed by atoms with Gasteiger partial charge in [0.1, 0.15) is 0 Å². The van der Waals surface area contributed by atoms with Crippen molar-refractivity contribution in [2.24, 2.45) is 0 Å². The number of nitrogens with one attached hydrogen (secondary N) is 2. The maximum Gasteiger partial charge on any atom is 0.390 e. The van der Waals surface area contributed by atoms with Crippen LogP contribution in [0, 0.1) is 0 Å². The third kappa shape index (κ3) is 6.54. The fourth-order valence-electron chi connectivity index (χ4n) is 4.06. The van der Waals surface area contributed by atoms with Crippen LogP contribution in [0.25, 0.3) is 5.69 Å². The van der Waals surface area contributed by atoms with Gasteiger partial charge < -0.3 is 10.6 Å². The summed E-state index contributed by atoms with van der Waals surface area (Å²) in [6.07, 6.45) is -3.67. The summed E-state index contributed by atoms with van der Waals surface area (Å²) < 4.78 is 40.5. The molecule has 1 fully saturated rings. The summed E-state index contributed by atoms with van der Waals surface area (Å²) >= 11 is 6.97. The maximum absolute atomic E-state index is 13.0. The predicted octanol–water partition coefficient (Wildman–Crippen LogP) is 4.32. The number of benzene rings is 1. The van der Waals surface area contributed by atoms with Crippen molar-refractivity contribution in [2.75, 3.05) is 18.4 Å². The molecule has 0 aliphatic carbocycles. The van der Waals surface area contributed by atoms with Gasteiger partial charge in [-0.1, -0.05) is 17.7 Å². The highest BCUT2D eigenvalue weighted by atomic mass is 35.5.